The van der Waals surface area contributed by atoms with Gasteiger partial charge in [0.15, 0.2) is 0 Å². The Labute approximate surface area is 122 Å². The van der Waals surface area contributed by atoms with E-state index in [0.29, 0.717) is 5.69 Å². The second kappa shape index (κ2) is 9.34. The molecular formula is C18H25NO. The van der Waals surface area contributed by atoms with E-state index in [9.17, 15) is 5.11 Å². The lowest BCUT2D eigenvalue weighted by Crippen LogP contribution is -2.02. The average Bonchev–Trinajstić information content (AvgIpc) is 2.50. The quantitative estimate of drug-likeness (QED) is 0.727. The van der Waals surface area contributed by atoms with Crippen LogP contribution in [-0.4, -0.2) is 10.1 Å². The normalized spacial score (nSPS) is 11.4. The molecule has 1 heterocycles. The van der Waals surface area contributed by atoms with Crippen molar-refractivity contribution >= 4 is 0 Å². The maximum absolute atomic E-state index is 10.4. The van der Waals surface area contributed by atoms with Crippen LogP contribution in [0, 0.1) is 0 Å². The minimum Gasteiger partial charge on any atom is -0.382 e. The molecule has 1 rings (SSSR count). The van der Waals surface area contributed by atoms with E-state index < -0.39 is 6.10 Å². The van der Waals surface area contributed by atoms with E-state index >= 15 is 0 Å². The molecule has 0 radical (unpaired) electrons. The van der Waals surface area contributed by atoms with Crippen molar-refractivity contribution in [1.82, 2.24) is 4.98 Å². The molecule has 1 atom stereocenters. The molecule has 1 aromatic heterocycles. The molecule has 108 valence electrons. The van der Waals surface area contributed by atoms with Crippen LogP contribution in [-0.2, 0) is 0 Å². The molecule has 0 aliphatic heterocycles. The van der Waals surface area contributed by atoms with Crippen molar-refractivity contribution in [2.75, 3.05) is 0 Å². The van der Waals surface area contributed by atoms with E-state index in [2.05, 4.69) is 37.2 Å². The molecule has 0 saturated heterocycles. The van der Waals surface area contributed by atoms with Crippen LogP contribution >= 0.6 is 0 Å². The maximum Gasteiger partial charge on any atom is 0.125 e. The molecule has 0 aromatic carbocycles. The number of pyridine rings is 1. The van der Waals surface area contributed by atoms with Gasteiger partial charge in [-0.2, -0.15) is 0 Å². The van der Waals surface area contributed by atoms with Gasteiger partial charge >= 0.3 is 0 Å². The van der Waals surface area contributed by atoms with Crippen LogP contribution in [0.3, 0.4) is 0 Å². The number of aromatic nitrogens is 1. The predicted octanol–water partition coefficient (Wildman–Crippen LogP) is 4.73. The first kappa shape index (κ1) is 16.5. The number of rotatable bonds is 7. The summed E-state index contributed by atoms with van der Waals surface area (Å²) in [5, 5.41) is 10.4. The van der Waals surface area contributed by atoms with Gasteiger partial charge in [-0.15, -0.1) is 0 Å². The van der Waals surface area contributed by atoms with E-state index in [1.54, 1.807) is 6.20 Å². The summed E-state index contributed by atoms with van der Waals surface area (Å²) in [6, 6.07) is 5.59. The van der Waals surface area contributed by atoms with Crippen LogP contribution in [0.25, 0.3) is 0 Å². The van der Waals surface area contributed by atoms with Crippen molar-refractivity contribution in [2.24, 2.45) is 0 Å². The molecule has 1 aromatic rings. The molecule has 0 fully saturated rings. The second-order valence-electron chi connectivity index (χ2n) is 4.89. The third-order valence-electron chi connectivity index (χ3n) is 3.20. The van der Waals surface area contributed by atoms with Gasteiger partial charge in [-0.3, -0.25) is 4.98 Å². The topological polar surface area (TPSA) is 33.1 Å². The third kappa shape index (κ3) is 5.19. The van der Waals surface area contributed by atoms with Crippen LogP contribution in [0.4, 0.5) is 0 Å². The summed E-state index contributed by atoms with van der Waals surface area (Å²) < 4.78 is 0. The highest BCUT2D eigenvalue weighted by atomic mass is 16.3. The van der Waals surface area contributed by atoms with Crippen LogP contribution in [0.2, 0.25) is 0 Å². The fourth-order valence-corrected chi connectivity index (χ4v) is 2.05. The van der Waals surface area contributed by atoms with Gasteiger partial charge in [0.05, 0.1) is 5.69 Å². The number of nitrogens with zero attached hydrogens (tertiary/aromatic N) is 1. The van der Waals surface area contributed by atoms with Gasteiger partial charge in [-0.05, 0) is 37.0 Å². The van der Waals surface area contributed by atoms with Crippen molar-refractivity contribution < 1.29 is 5.11 Å². The minimum absolute atomic E-state index is 0.677. The molecule has 0 bridgehead atoms. The monoisotopic (exact) mass is 271 g/mol. The van der Waals surface area contributed by atoms with Gasteiger partial charge in [-0.1, -0.05) is 51.1 Å². The van der Waals surface area contributed by atoms with E-state index in [1.807, 2.05) is 18.2 Å². The van der Waals surface area contributed by atoms with Crippen molar-refractivity contribution in [3.05, 3.63) is 52.7 Å². The summed E-state index contributed by atoms with van der Waals surface area (Å²) >= 11 is 0. The van der Waals surface area contributed by atoms with Gasteiger partial charge in [0.2, 0.25) is 0 Å². The Balaban J connectivity index is 3.13. The van der Waals surface area contributed by atoms with E-state index in [4.69, 9.17) is 0 Å². The zero-order valence-corrected chi connectivity index (χ0v) is 12.8. The zero-order chi connectivity index (χ0) is 14.8. The first-order chi connectivity index (χ1) is 9.72. The first-order valence-electron chi connectivity index (χ1n) is 7.54. The number of aliphatic hydroxyl groups excluding tert-OH is 1. The van der Waals surface area contributed by atoms with Crippen LogP contribution in [0.1, 0.15) is 64.7 Å². The molecule has 2 heteroatoms. The lowest BCUT2D eigenvalue weighted by Gasteiger charge is -2.11. The minimum atomic E-state index is -0.677. The van der Waals surface area contributed by atoms with Gasteiger partial charge in [0.1, 0.15) is 6.10 Å². The highest BCUT2D eigenvalue weighted by Crippen LogP contribution is 2.22. The van der Waals surface area contributed by atoms with E-state index in [1.165, 1.54) is 5.57 Å². The molecule has 0 saturated carbocycles. The summed E-state index contributed by atoms with van der Waals surface area (Å²) in [7, 11) is 0. The van der Waals surface area contributed by atoms with E-state index in [-0.39, 0.29) is 0 Å². The Hall–Kier alpha value is -1.59. The summed E-state index contributed by atoms with van der Waals surface area (Å²) in [6.07, 6.45) is 5.96. The van der Waals surface area contributed by atoms with E-state index in [0.717, 1.165) is 37.7 Å². The third-order valence-corrected chi connectivity index (χ3v) is 3.20. The second-order valence-corrected chi connectivity index (χ2v) is 4.89. The van der Waals surface area contributed by atoms with Gasteiger partial charge < -0.3 is 5.11 Å². The van der Waals surface area contributed by atoms with Crippen LogP contribution in [0.15, 0.2) is 47.0 Å². The Morgan fingerprint density at radius 1 is 1.15 bits per heavy atom. The molecule has 0 aliphatic carbocycles. The molecule has 0 spiro atoms. The lowest BCUT2D eigenvalue weighted by atomic mass is 10.0. The van der Waals surface area contributed by atoms with Crippen molar-refractivity contribution in [1.29, 1.82) is 0 Å². The van der Waals surface area contributed by atoms with Crippen LogP contribution < -0.4 is 0 Å². The molecule has 0 aliphatic rings. The summed E-state index contributed by atoms with van der Waals surface area (Å²) in [5.74, 6) is 0. The summed E-state index contributed by atoms with van der Waals surface area (Å²) in [4.78, 5) is 4.22. The Bertz CT molecular complexity index is 491. The first-order valence-corrected chi connectivity index (χ1v) is 7.54. The fourth-order valence-electron chi connectivity index (χ4n) is 2.05. The standard InChI is InChI=1S/C18H25NO/c1-4-9-15(6-3)12-13-16(10-5-2)18(20)17-11-7-8-14-19-17/h7-8,11,14,18,20H,4-6,9-10H2,1-3H3. The Kier molecular flexibility index (Phi) is 7.69. The lowest BCUT2D eigenvalue weighted by molar-refractivity contribution is 0.206. The van der Waals surface area contributed by atoms with Crippen molar-refractivity contribution in [2.45, 2.75) is 59.0 Å². The molecule has 2 nitrogen and oxygen atoms in total. The van der Waals surface area contributed by atoms with Gasteiger partial charge in [0.25, 0.3) is 0 Å². The Morgan fingerprint density at radius 2 is 1.90 bits per heavy atom. The number of hydrogen-bond donors (Lipinski definition) is 1. The molecular weight excluding hydrogens is 246 g/mol. The Morgan fingerprint density at radius 3 is 2.45 bits per heavy atom. The maximum atomic E-state index is 10.4. The predicted molar refractivity (Wildman–Crippen MR) is 83.4 cm³/mol. The van der Waals surface area contributed by atoms with Crippen molar-refractivity contribution in [3.8, 4) is 0 Å². The highest BCUT2D eigenvalue weighted by molar-refractivity contribution is 5.20. The molecule has 1 unspecified atom stereocenters. The van der Waals surface area contributed by atoms with Gasteiger partial charge in [0, 0.05) is 11.8 Å². The van der Waals surface area contributed by atoms with Crippen molar-refractivity contribution in [3.63, 3.8) is 0 Å². The highest BCUT2D eigenvalue weighted by Gasteiger charge is 2.13. The average molecular weight is 271 g/mol. The molecule has 1 N–H and O–H groups in total. The fraction of sp³-hybridized carbons (Fsp3) is 0.500. The smallest absolute Gasteiger partial charge is 0.125 e. The SMILES string of the molecule is CCCC(=C=C=C(CCC)C(O)c1ccccn1)CC. The number of aliphatic hydroxyl groups is 1. The number of allylic oxidation sites excluding steroid dienone is 1. The van der Waals surface area contributed by atoms with Gasteiger partial charge in [-0.25, -0.2) is 0 Å². The molecule has 20 heavy (non-hydrogen) atoms. The summed E-state index contributed by atoms with van der Waals surface area (Å²) in [5.41, 5.74) is 9.25. The zero-order valence-electron chi connectivity index (χ0n) is 12.8. The summed E-state index contributed by atoms with van der Waals surface area (Å²) in [6.45, 7) is 6.40. The van der Waals surface area contributed by atoms with Crippen LogP contribution in [0.5, 0.6) is 0 Å². The largest absolute Gasteiger partial charge is 0.382 e. The molecule has 0 amide bonds. The number of hydrogen-bond acceptors (Lipinski definition) is 2.